The second-order valence-electron chi connectivity index (χ2n) is 5.18. The van der Waals surface area contributed by atoms with E-state index in [4.69, 9.17) is 5.11 Å². The van der Waals surface area contributed by atoms with Crippen LogP contribution in [0.2, 0.25) is 0 Å². The van der Waals surface area contributed by atoms with Crippen molar-refractivity contribution in [2.24, 2.45) is 5.92 Å². The van der Waals surface area contributed by atoms with Crippen LogP contribution in [0.15, 0.2) is 11.6 Å². The first-order chi connectivity index (χ1) is 11.5. The Kier molecular flexibility index (Phi) is 6.30. The van der Waals surface area contributed by atoms with Gasteiger partial charge in [0.2, 0.25) is 0 Å². The third-order valence-electron chi connectivity index (χ3n) is 3.21. The second kappa shape index (κ2) is 6.72. The van der Waals surface area contributed by atoms with Crippen LogP contribution in [0.4, 0.5) is 57.1 Å². The zero-order valence-electron chi connectivity index (χ0n) is 12.6. The van der Waals surface area contributed by atoms with Crippen molar-refractivity contribution in [1.29, 1.82) is 0 Å². The van der Waals surface area contributed by atoms with E-state index in [1.54, 1.807) is 0 Å². The minimum atomic E-state index is -8.00. The van der Waals surface area contributed by atoms with E-state index >= 15 is 0 Å². The Morgan fingerprint density at radius 3 is 1.41 bits per heavy atom. The molecule has 0 aromatic heterocycles. The van der Waals surface area contributed by atoms with E-state index in [-0.39, 0.29) is 0 Å². The summed E-state index contributed by atoms with van der Waals surface area (Å²) in [5.41, 5.74) is -1.21. The summed E-state index contributed by atoms with van der Waals surface area (Å²) >= 11 is 0. The summed E-state index contributed by atoms with van der Waals surface area (Å²) < 4.78 is 167. The Bertz CT molecular complexity index is 603. The molecule has 0 amide bonds. The fraction of sp³-hybridized carbons (Fsp3) is 0.667. The van der Waals surface area contributed by atoms with Gasteiger partial charge in [-0.1, -0.05) is 6.08 Å². The normalized spacial score (nSPS) is 17.1. The maximum absolute atomic E-state index is 13.5. The molecule has 1 N–H and O–H groups in total. The van der Waals surface area contributed by atoms with Gasteiger partial charge >= 0.3 is 41.8 Å². The number of carboxylic acids is 1. The lowest BCUT2D eigenvalue weighted by molar-refractivity contribution is -0.441. The molecule has 2 nitrogen and oxygen atoms in total. The summed E-state index contributed by atoms with van der Waals surface area (Å²) in [6.07, 6.45) is -7.89. The van der Waals surface area contributed by atoms with Gasteiger partial charge in [0.1, 0.15) is 0 Å². The first kappa shape index (κ1) is 25.3. The summed E-state index contributed by atoms with van der Waals surface area (Å²) in [7, 11) is 0. The van der Waals surface area contributed by atoms with Gasteiger partial charge in [-0.3, -0.25) is 0 Å². The maximum atomic E-state index is 13.5. The van der Waals surface area contributed by atoms with Gasteiger partial charge in [-0.05, 0) is 13.8 Å². The molecule has 1 radical (unpaired) electrons. The maximum Gasteiger partial charge on any atom is 0.460 e. The van der Waals surface area contributed by atoms with Crippen molar-refractivity contribution in [3.8, 4) is 0 Å². The molecule has 27 heavy (non-hydrogen) atoms. The average molecular weight is 431 g/mol. The molecule has 159 valence electrons. The highest BCUT2D eigenvalue weighted by Gasteiger charge is 2.91. The standard InChI is InChI=1S/C12H8F13O2/c1-4(6(26)27)3-5(2)7(13,14)8(15,16)9(17,18)10(19,20)11(21,22)12(23,24)25/h3,5H,2H2,1H3,(H,26,27). The number of halogens is 13. The highest BCUT2D eigenvalue weighted by atomic mass is 19.4. The van der Waals surface area contributed by atoms with Crippen molar-refractivity contribution < 1.29 is 67.0 Å². The van der Waals surface area contributed by atoms with E-state index in [0.29, 0.717) is 6.92 Å². The fourth-order valence-electron chi connectivity index (χ4n) is 1.49. The van der Waals surface area contributed by atoms with Crippen LogP contribution in [0, 0.1) is 12.8 Å². The van der Waals surface area contributed by atoms with Crippen LogP contribution in [0.5, 0.6) is 0 Å². The molecule has 0 saturated carbocycles. The Hall–Kier alpha value is -1.70. The lowest BCUT2D eigenvalue weighted by Crippen LogP contribution is -2.70. The largest absolute Gasteiger partial charge is 0.478 e. The molecular formula is C12H8F13O2. The van der Waals surface area contributed by atoms with Crippen LogP contribution in [-0.2, 0) is 4.79 Å². The van der Waals surface area contributed by atoms with Gasteiger partial charge in [0.25, 0.3) is 0 Å². The van der Waals surface area contributed by atoms with Crippen LogP contribution in [0.25, 0.3) is 0 Å². The van der Waals surface area contributed by atoms with Crippen molar-refractivity contribution in [2.45, 2.75) is 42.7 Å². The average Bonchev–Trinajstić information content (AvgIpc) is 2.44. The molecule has 0 saturated heterocycles. The predicted molar refractivity (Wildman–Crippen MR) is 61.0 cm³/mol. The number of alkyl halides is 13. The van der Waals surface area contributed by atoms with E-state index in [1.807, 2.05) is 0 Å². The number of hydrogen-bond acceptors (Lipinski definition) is 1. The molecule has 0 aliphatic heterocycles. The summed E-state index contributed by atoms with van der Waals surface area (Å²) in [5, 5.41) is 8.36. The quantitative estimate of drug-likeness (QED) is 0.444. The van der Waals surface area contributed by atoms with Gasteiger partial charge < -0.3 is 5.11 Å². The van der Waals surface area contributed by atoms with Crippen molar-refractivity contribution in [3.05, 3.63) is 18.6 Å². The van der Waals surface area contributed by atoms with Crippen LogP contribution >= 0.6 is 0 Å². The molecular weight excluding hydrogens is 423 g/mol. The molecule has 0 aliphatic carbocycles. The number of aliphatic carboxylic acids is 1. The zero-order chi connectivity index (χ0) is 22.4. The Morgan fingerprint density at radius 2 is 1.11 bits per heavy atom. The Labute approximate surface area is 141 Å². The fourth-order valence-corrected chi connectivity index (χ4v) is 1.49. The van der Waals surface area contributed by atoms with Crippen molar-refractivity contribution >= 4 is 5.97 Å². The molecule has 0 spiro atoms. The van der Waals surface area contributed by atoms with Crippen LogP contribution in [0.1, 0.15) is 6.92 Å². The van der Waals surface area contributed by atoms with Gasteiger partial charge in [0, 0.05) is 11.5 Å². The number of hydrogen-bond donors (Lipinski definition) is 1. The molecule has 1 unspecified atom stereocenters. The number of carbonyl (C=O) groups is 1. The number of rotatable bonds is 7. The van der Waals surface area contributed by atoms with E-state index in [0.717, 1.165) is 0 Å². The van der Waals surface area contributed by atoms with Gasteiger partial charge in [-0.15, -0.1) is 0 Å². The predicted octanol–water partition coefficient (Wildman–Crippen LogP) is 5.21. The van der Waals surface area contributed by atoms with Crippen molar-refractivity contribution in [3.63, 3.8) is 0 Å². The minimum absolute atomic E-state index is 0.396. The molecule has 0 aromatic rings. The second-order valence-corrected chi connectivity index (χ2v) is 5.18. The van der Waals surface area contributed by atoms with Crippen molar-refractivity contribution in [2.75, 3.05) is 0 Å². The van der Waals surface area contributed by atoms with E-state index in [1.165, 1.54) is 0 Å². The number of allylic oxidation sites excluding steroid dienone is 1. The molecule has 0 fully saturated rings. The van der Waals surface area contributed by atoms with Crippen LogP contribution in [0.3, 0.4) is 0 Å². The minimum Gasteiger partial charge on any atom is -0.478 e. The smallest absolute Gasteiger partial charge is 0.460 e. The van der Waals surface area contributed by atoms with Gasteiger partial charge in [-0.2, -0.15) is 57.1 Å². The first-order valence-electron chi connectivity index (χ1n) is 6.20. The number of carboxylic acid groups (broad SMARTS) is 1. The van der Waals surface area contributed by atoms with E-state index < -0.39 is 59.3 Å². The Balaban J connectivity index is 6.39. The topological polar surface area (TPSA) is 37.3 Å². The molecule has 0 aromatic carbocycles. The third-order valence-corrected chi connectivity index (χ3v) is 3.21. The molecule has 15 heteroatoms. The van der Waals surface area contributed by atoms with Crippen molar-refractivity contribution in [1.82, 2.24) is 0 Å². The highest BCUT2D eigenvalue weighted by molar-refractivity contribution is 5.85. The summed E-state index contributed by atoms with van der Waals surface area (Å²) in [5.74, 6) is -43.3. The molecule has 0 rings (SSSR count). The van der Waals surface area contributed by atoms with Crippen LogP contribution < -0.4 is 0 Å². The summed E-state index contributed by atoms with van der Waals surface area (Å²) in [6, 6.07) is 0. The van der Waals surface area contributed by atoms with E-state index in [9.17, 15) is 61.9 Å². The van der Waals surface area contributed by atoms with Gasteiger partial charge in [-0.25, -0.2) is 4.79 Å². The van der Waals surface area contributed by atoms with Crippen LogP contribution in [-0.4, -0.2) is 46.9 Å². The van der Waals surface area contributed by atoms with E-state index in [2.05, 4.69) is 6.92 Å². The van der Waals surface area contributed by atoms with Gasteiger partial charge in [0.15, 0.2) is 0 Å². The molecule has 0 bridgehead atoms. The third kappa shape index (κ3) is 3.68. The SMILES string of the molecule is [CH2]C(C=C(C)C(=O)O)C(F)(F)C(F)(F)C(F)(F)C(F)(F)C(F)(F)C(F)(F)F. The molecule has 1 atom stereocenters. The molecule has 0 aliphatic rings. The van der Waals surface area contributed by atoms with Gasteiger partial charge in [0.05, 0.1) is 0 Å². The highest BCUT2D eigenvalue weighted by Crippen LogP contribution is 2.61. The summed E-state index contributed by atoms with van der Waals surface area (Å²) in [6.45, 7) is 2.62. The Morgan fingerprint density at radius 1 is 0.778 bits per heavy atom. The lowest BCUT2D eigenvalue weighted by Gasteiger charge is -2.40. The zero-order valence-corrected chi connectivity index (χ0v) is 12.6. The molecule has 0 heterocycles. The monoisotopic (exact) mass is 431 g/mol. The summed E-state index contributed by atoms with van der Waals surface area (Å²) in [4.78, 5) is 10.4. The first-order valence-corrected chi connectivity index (χ1v) is 6.20. The lowest BCUT2D eigenvalue weighted by atomic mass is 9.87.